The van der Waals surface area contributed by atoms with E-state index in [1.54, 1.807) is 6.08 Å². The molecule has 1 fully saturated rings. The van der Waals surface area contributed by atoms with Crippen molar-refractivity contribution in [1.82, 2.24) is 14.7 Å². The van der Waals surface area contributed by atoms with Gasteiger partial charge in [0.25, 0.3) is 0 Å². The number of aryl methyl sites for hydroxylation is 3. The van der Waals surface area contributed by atoms with Crippen molar-refractivity contribution in [3.8, 4) is 0 Å². The van der Waals surface area contributed by atoms with E-state index in [4.69, 9.17) is 11.6 Å². The van der Waals surface area contributed by atoms with Crippen LogP contribution in [0.25, 0.3) is 6.08 Å². The summed E-state index contributed by atoms with van der Waals surface area (Å²) in [6.45, 7) is 10.1. The number of rotatable bonds is 6. The molecule has 0 N–H and O–H groups in total. The molecule has 0 bridgehead atoms. The fraction of sp³-hybridized carbons (Fsp3) is 0.455. The van der Waals surface area contributed by atoms with Gasteiger partial charge < -0.3 is 9.80 Å². The molecule has 0 spiro atoms. The van der Waals surface area contributed by atoms with Crippen molar-refractivity contribution in [1.29, 1.82) is 0 Å². The number of carbonyl (C=O) groups is 1. The maximum atomic E-state index is 12.6. The van der Waals surface area contributed by atoms with E-state index in [1.165, 1.54) is 11.3 Å². The smallest absolute Gasteiger partial charge is 0.246 e. The van der Waals surface area contributed by atoms with Gasteiger partial charge in [0.2, 0.25) is 5.91 Å². The number of piperazine rings is 1. The summed E-state index contributed by atoms with van der Waals surface area (Å²) in [5.74, 6) is 0.0284. The van der Waals surface area contributed by atoms with Gasteiger partial charge in [-0.25, -0.2) is 0 Å². The largest absolute Gasteiger partial charge is 0.368 e. The Bertz CT molecular complexity index is 850. The van der Waals surface area contributed by atoms with Gasteiger partial charge in [0, 0.05) is 50.1 Å². The average molecular weight is 401 g/mol. The number of aromatic nitrogens is 2. The molecule has 1 aliphatic rings. The highest BCUT2D eigenvalue weighted by Gasteiger charge is 2.20. The van der Waals surface area contributed by atoms with Crippen LogP contribution in [0, 0.1) is 13.8 Å². The number of halogens is 1. The van der Waals surface area contributed by atoms with Crippen LogP contribution in [0.1, 0.15) is 36.6 Å². The third-order valence-corrected chi connectivity index (χ3v) is 5.58. The highest BCUT2D eigenvalue weighted by Crippen LogP contribution is 2.22. The number of nitrogens with zero attached hydrogens (tertiary/aromatic N) is 4. The summed E-state index contributed by atoms with van der Waals surface area (Å²) in [5, 5.41) is 5.10. The Labute approximate surface area is 172 Å². The van der Waals surface area contributed by atoms with Gasteiger partial charge in [0.15, 0.2) is 0 Å². The normalized spacial score (nSPS) is 14.9. The molecule has 150 valence electrons. The lowest BCUT2D eigenvalue weighted by molar-refractivity contribution is -0.126. The molecule has 2 heterocycles. The Hall–Kier alpha value is -2.27. The Morgan fingerprint density at radius 1 is 1.21 bits per heavy atom. The lowest BCUT2D eigenvalue weighted by Crippen LogP contribution is -2.48. The predicted molar refractivity (Wildman–Crippen MR) is 116 cm³/mol. The van der Waals surface area contributed by atoms with Gasteiger partial charge in [0.05, 0.1) is 5.69 Å². The van der Waals surface area contributed by atoms with Crippen molar-refractivity contribution in [2.75, 3.05) is 31.1 Å². The maximum Gasteiger partial charge on any atom is 0.246 e. The highest BCUT2D eigenvalue weighted by atomic mass is 35.5. The van der Waals surface area contributed by atoms with Crippen LogP contribution in [0.3, 0.4) is 0 Å². The first-order valence-corrected chi connectivity index (χ1v) is 10.4. The second kappa shape index (κ2) is 9.28. The summed E-state index contributed by atoms with van der Waals surface area (Å²) in [6, 6.07) is 8.51. The van der Waals surface area contributed by atoms with Crippen molar-refractivity contribution in [2.24, 2.45) is 0 Å². The first-order valence-electron chi connectivity index (χ1n) is 10.0. The third kappa shape index (κ3) is 4.76. The van der Waals surface area contributed by atoms with E-state index in [1.807, 2.05) is 22.6 Å². The lowest BCUT2D eigenvalue weighted by Gasteiger charge is -2.35. The number of amides is 1. The monoisotopic (exact) mass is 400 g/mol. The predicted octanol–water partition coefficient (Wildman–Crippen LogP) is 4.32. The molecule has 0 radical (unpaired) electrons. The van der Waals surface area contributed by atoms with Gasteiger partial charge in [-0.1, -0.05) is 37.1 Å². The van der Waals surface area contributed by atoms with Gasteiger partial charge >= 0.3 is 0 Å². The molecule has 0 unspecified atom stereocenters. The molecule has 5 nitrogen and oxygen atoms in total. The summed E-state index contributed by atoms with van der Waals surface area (Å²) in [4.78, 5) is 16.8. The van der Waals surface area contributed by atoms with Crippen LogP contribution in [-0.4, -0.2) is 46.8 Å². The molecular formula is C22H29ClN4O. The highest BCUT2D eigenvalue weighted by molar-refractivity contribution is 6.31. The minimum Gasteiger partial charge on any atom is -0.368 e. The molecule has 1 aromatic heterocycles. The number of hydrogen-bond donors (Lipinski definition) is 0. The van der Waals surface area contributed by atoms with Gasteiger partial charge in [-0.2, -0.15) is 5.10 Å². The average Bonchev–Trinajstić information content (AvgIpc) is 2.97. The van der Waals surface area contributed by atoms with Crippen molar-refractivity contribution in [2.45, 2.75) is 40.2 Å². The molecule has 1 amide bonds. The molecule has 0 aliphatic carbocycles. The van der Waals surface area contributed by atoms with E-state index >= 15 is 0 Å². The summed E-state index contributed by atoms with van der Waals surface area (Å²) < 4.78 is 1.82. The number of hydrogen-bond acceptors (Lipinski definition) is 3. The lowest BCUT2D eigenvalue weighted by atomic mass is 10.2. The Morgan fingerprint density at radius 2 is 1.96 bits per heavy atom. The number of anilines is 1. The van der Waals surface area contributed by atoms with Crippen molar-refractivity contribution < 1.29 is 4.79 Å². The minimum absolute atomic E-state index is 0.0284. The van der Waals surface area contributed by atoms with Crippen LogP contribution in [-0.2, 0) is 11.3 Å². The van der Waals surface area contributed by atoms with Crippen LogP contribution >= 0.6 is 11.6 Å². The van der Waals surface area contributed by atoms with Crippen molar-refractivity contribution in [3.05, 3.63) is 52.3 Å². The molecule has 3 rings (SSSR count). The van der Waals surface area contributed by atoms with E-state index in [2.05, 4.69) is 48.1 Å². The third-order valence-electron chi connectivity index (χ3n) is 5.18. The zero-order chi connectivity index (χ0) is 20.1. The molecule has 28 heavy (non-hydrogen) atoms. The molecule has 2 aromatic rings. The van der Waals surface area contributed by atoms with E-state index < -0.39 is 0 Å². The van der Waals surface area contributed by atoms with Crippen LogP contribution < -0.4 is 4.90 Å². The van der Waals surface area contributed by atoms with Crippen LogP contribution in [0.5, 0.6) is 0 Å². The summed E-state index contributed by atoms with van der Waals surface area (Å²) in [6.07, 6.45) is 5.56. The standard InChI is InChI=1S/C22H29ClN4O/c1-4-5-11-27-22(23)20(18(3)24-27)9-10-21(28)26-14-12-25(13-15-26)19-8-6-7-17(2)16-19/h6-10,16H,4-5,11-15H2,1-3H3/b10-9+. The zero-order valence-corrected chi connectivity index (χ0v) is 17.7. The Morgan fingerprint density at radius 3 is 2.64 bits per heavy atom. The minimum atomic E-state index is 0.0284. The summed E-state index contributed by atoms with van der Waals surface area (Å²) in [7, 11) is 0. The molecule has 0 atom stereocenters. The molecular weight excluding hydrogens is 372 g/mol. The van der Waals surface area contributed by atoms with Crippen molar-refractivity contribution in [3.63, 3.8) is 0 Å². The van der Waals surface area contributed by atoms with Crippen LogP contribution in [0.4, 0.5) is 5.69 Å². The summed E-state index contributed by atoms with van der Waals surface area (Å²) >= 11 is 6.45. The van der Waals surface area contributed by atoms with Crippen LogP contribution in [0.15, 0.2) is 30.3 Å². The number of unbranched alkanes of at least 4 members (excludes halogenated alkanes) is 1. The Balaban J connectivity index is 1.59. The summed E-state index contributed by atoms with van der Waals surface area (Å²) in [5.41, 5.74) is 4.18. The quantitative estimate of drug-likeness (QED) is 0.678. The first-order chi connectivity index (χ1) is 13.5. The van der Waals surface area contributed by atoms with E-state index in [9.17, 15) is 4.79 Å². The molecule has 0 saturated carbocycles. The fourth-order valence-electron chi connectivity index (χ4n) is 3.48. The number of benzene rings is 1. The van der Waals surface area contributed by atoms with E-state index in [-0.39, 0.29) is 5.91 Å². The van der Waals surface area contributed by atoms with Gasteiger partial charge in [0.1, 0.15) is 5.15 Å². The second-order valence-corrected chi connectivity index (χ2v) is 7.71. The first kappa shape index (κ1) is 20.5. The molecule has 1 aromatic carbocycles. The van der Waals surface area contributed by atoms with Gasteiger partial charge in [-0.05, 0) is 44.0 Å². The van der Waals surface area contributed by atoms with Gasteiger partial charge in [-0.15, -0.1) is 0 Å². The fourth-order valence-corrected chi connectivity index (χ4v) is 3.80. The maximum absolute atomic E-state index is 12.6. The molecule has 1 aliphatic heterocycles. The molecule has 6 heteroatoms. The zero-order valence-electron chi connectivity index (χ0n) is 17.0. The molecule has 1 saturated heterocycles. The van der Waals surface area contributed by atoms with E-state index in [0.717, 1.165) is 56.8 Å². The van der Waals surface area contributed by atoms with Crippen molar-refractivity contribution >= 4 is 29.3 Å². The number of carbonyl (C=O) groups excluding carboxylic acids is 1. The van der Waals surface area contributed by atoms with Crippen LogP contribution in [0.2, 0.25) is 5.15 Å². The SMILES string of the molecule is CCCCn1nc(C)c(/C=C/C(=O)N2CCN(c3cccc(C)c3)CC2)c1Cl. The second-order valence-electron chi connectivity index (χ2n) is 7.35. The van der Waals surface area contributed by atoms with Gasteiger partial charge in [-0.3, -0.25) is 9.48 Å². The topological polar surface area (TPSA) is 41.4 Å². The van der Waals surface area contributed by atoms with E-state index in [0.29, 0.717) is 5.15 Å². The Kier molecular flexibility index (Phi) is 6.79.